The number of benzene rings is 1. The van der Waals surface area contributed by atoms with Crippen molar-refractivity contribution in [2.75, 3.05) is 36.8 Å². The average Bonchev–Trinajstić information content (AvgIpc) is 2.77. The quantitative estimate of drug-likeness (QED) is 0.854. The van der Waals surface area contributed by atoms with Gasteiger partial charge < -0.3 is 15.1 Å². The molecule has 0 saturated carbocycles. The smallest absolute Gasteiger partial charge is 0.317 e. The number of nitrogens with zero attached hydrogens (tertiary/aromatic N) is 2. The van der Waals surface area contributed by atoms with Crippen LogP contribution in [0.5, 0.6) is 0 Å². The highest BCUT2D eigenvalue weighted by Crippen LogP contribution is 2.27. The van der Waals surface area contributed by atoms with Crippen molar-refractivity contribution in [2.24, 2.45) is 0 Å². The summed E-state index contributed by atoms with van der Waals surface area (Å²) in [6, 6.07) is 7.93. The van der Waals surface area contributed by atoms with Gasteiger partial charge in [0, 0.05) is 54.0 Å². The molecule has 1 aromatic rings. The van der Waals surface area contributed by atoms with Gasteiger partial charge in [0.2, 0.25) is 0 Å². The zero-order valence-electron chi connectivity index (χ0n) is 14.6. The van der Waals surface area contributed by atoms with Gasteiger partial charge >= 0.3 is 6.03 Å². The number of nitrogens with one attached hydrogen (secondary N) is 1. The molecule has 5 nitrogen and oxygen atoms in total. The van der Waals surface area contributed by atoms with Gasteiger partial charge in [-0.15, -0.1) is 0 Å². The average molecular weight is 384 g/mol. The van der Waals surface area contributed by atoms with Crippen LogP contribution in [0.3, 0.4) is 0 Å². The highest BCUT2D eigenvalue weighted by Gasteiger charge is 2.27. The number of amides is 2. The van der Waals surface area contributed by atoms with Crippen LogP contribution in [-0.2, 0) is 10.8 Å². The van der Waals surface area contributed by atoms with E-state index >= 15 is 0 Å². The lowest BCUT2D eigenvalue weighted by molar-refractivity contribution is 0.195. The van der Waals surface area contributed by atoms with Crippen LogP contribution in [0, 0.1) is 0 Å². The summed E-state index contributed by atoms with van der Waals surface area (Å²) in [5.74, 6) is 0.574. The SMILES string of the molecule is CC1CCN(C(=O)NC2CCCN(c3ccccc3Cl)C2)CCS1=O. The molecule has 25 heavy (non-hydrogen) atoms. The highest BCUT2D eigenvalue weighted by molar-refractivity contribution is 7.85. The van der Waals surface area contributed by atoms with Crippen molar-refractivity contribution in [3.05, 3.63) is 29.3 Å². The number of piperidine rings is 1. The predicted molar refractivity (Wildman–Crippen MR) is 104 cm³/mol. The van der Waals surface area contributed by atoms with Gasteiger partial charge in [0.25, 0.3) is 0 Å². The van der Waals surface area contributed by atoms with Gasteiger partial charge in [0.05, 0.1) is 10.7 Å². The minimum Gasteiger partial charge on any atom is -0.368 e. The second-order valence-corrected chi connectivity index (χ2v) is 9.24. The van der Waals surface area contributed by atoms with E-state index in [-0.39, 0.29) is 17.3 Å². The number of hydrogen-bond acceptors (Lipinski definition) is 3. The zero-order valence-corrected chi connectivity index (χ0v) is 16.2. The molecule has 0 radical (unpaired) electrons. The van der Waals surface area contributed by atoms with Gasteiger partial charge in [-0.1, -0.05) is 30.7 Å². The number of urea groups is 1. The summed E-state index contributed by atoms with van der Waals surface area (Å²) < 4.78 is 11.9. The van der Waals surface area contributed by atoms with Crippen molar-refractivity contribution in [3.63, 3.8) is 0 Å². The number of anilines is 1. The lowest BCUT2D eigenvalue weighted by Gasteiger charge is -2.36. The van der Waals surface area contributed by atoms with E-state index in [9.17, 15) is 9.00 Å². The molecule has 2 heterocycles. The van der Waals surface area contributed by atoms with Crippen molar-refractivity contribution >= 4 is 34.1 Å². The van der Waals surface area contributed by atoms with Crippen molar-refractivity contribution in [3.8, 4) is 0 Å². The molecule has 2 fully saturated rings. The van der Waals surface area contributed by atoms with Crippen molar-refractivity contribution in [2.45, 2.75) is 37.5 Å². The van der Waals surface area contributed by atoms with Crippen LogP contribution in [0.4, 0.5) is 10.5 Å². The fourth-order valence-corrected chi connectivity index (χ4v) is 4.90. The van der Waals surface area contributed by atoms with Gasteiger partial charge in [0.1, 0.15) is 0 Å². The van der Waals surface area contributed by atoms with Gasteiger partial charge in [0.15, 0.2) is 0 Å². The maximum Gasteiger partial charge on any atom is 0.317 e. The van der Waals surface area contributed by atoms with E-state index in [1.807, 2.05) is 36.1 Å². The molecule has 1 aromatic carbocycles. The Morgan fingerprint density at radius 2 is 2.04 bits per heavy atom. The first-order valence-electron chi connectivity index (χ1n) is 8.96. The van der Waals surface area contributed by atoms with E-state index in [4.69, 9.17) is 11.6 Å². The van der Waals surface area contributed by atoms with E-state index < -0.39 is 10.8 Å². The van der Waals surface area contributed by atoms with Crippen LogP contribution in [0.2, 0.25) is 5.02 Å². The lowest BCUT2D eigenvalue weighted by atomic mass is 10.0. The molecule has 0 bridgehead atoms. The summed E-state index contributed by atoms with van der Waals surface area (Å²) in [7, 11) is -0.824. The van der Waals surface area contributed by atoms with Crippen LogP contribution in [-0.4, -0.2) is 58.4 Å². The number of hydrogen-bond donors (Lipinski definition) is 1. The Balaban J connectivity index is 1.58. The third kappa shape index (κ3) is 4.67. The molecule has 0 spiro atoms. The highest BCUT2D eigenvalue weighted by atomic mass is 35.5. The second-order valence-electron chi connectivity index (χ2n) is 6.86. The van der Waals surface area contributed by atoms with Crippen LogP contribution in [0.15, 0.2) is 24.3 Å². The molecule has 3 atom stereocenters. The Morgan fingerprint density at radius 3 is 2.84 bits per heavy atom. The van der Waals surface area contributed by atoms with E-state index in [0.717, 1.165) is 43.1 Å². The first kappa shape index (κ1) is 18.5. The standard InChI is InChI=1S/C18H26ClN3O2S/c1-14-8-10-21(11-12-25(14)24)18(23)20-15-5-4-9-22(13-15)17-7-3-2-6-16(17)19/h2-3,6-7,14-15H,4-5,8-13H2,1H3,(H,20,23). The lowest BCUT2D eigenvalue weighted by Crippen LogP contribution is -2.52. The Labute approximate surface area is 157 Å². The van der Waals surface area contributed by atoms with Crippen LogP contribution in [0.1, 0.15) is 26.2 Å². The second kappa shape index (κ2) is 8.41. The molecule has 2 amide bonds. The fourth-order valence-electron chi connectivity index (χ4n) is 3.47. The van der Waals surface area contributed by atoms with E-state index in [1.54, 1.807) is 0 Å². The molecule has 7 heteroatoms. The molecule has 138 valence electrons. The third-order valence-electron chi connectivity index (χ3n) is 5.05. The molecule has 0 aromatic heterocycles. The Hall–Kier alpha value is -1.27. The molecule has 3 rings (SSSR count). The third-order valence-corrected chi connectivity index (χ3v) is 7.08. The summed E-state index contributed by atoms with van der Waals surface area (Å²) in [5.41, 5.74) is 1.03. The maximum atomic E-state index is 12.6. The van der Waals surface area contributed by atoms with Crippen LogP contribution >= 0.6 is 11.6 Å². The Bertz CT molecular complexity index is 643. The molecule has 2 saturated heterocycles. The first-order valence-corrected chi connectivity index (χ1v) is 10.7. The van der Waals surface area contributed by atoms with Crippen LogP contribution < -0.4 is 10.2 Å². The molecular weight excluding hydrogens is 358 g/mol. The van der Waals surface area contributed by atoms with Crippen molar-refractivity contribution in [1.82, 2.24) is 10.2 Å². The number of rotatable bonds is 2. The molecular formula is C18H26ClN3O2S. The molecule has 0 aliphatic carbocycles. The summed E-state index contributed by atoms with van der Waals surface area (Å²) in [6.07, 6.45) is 2.80. The molecule has 2 aliphatic heterocycles. The summed E-state index contributed by atoms with van der Waals surface area (Å²) in [5, 5.41) is 4.09. The van der Waals surface area contributed by atoms with Crippen molar-refractivity contribution < 1.29 is 9.00 Å². The summed E-state index contributed by atoms with van der Waals surface area (Å²) in [6.45, 7) is 4.98. The largest absolute Gasteiger partial charge is 0.368 e. The number of para-hydroxylation sites is 1. The minimum absolute atomic E-state index is 0.0305. The molecule has 2 aliphatic rings. The van der Waals surface area contributed by atoms with E-state index in [2.05, 4.69) is 10.2 Å². The van der Waals surface area contributed by atoms with Crippen molar-refractivity contribution in [1.29, 1.82) is 0 Å². The molecule has 3 unspecified atom stereocenters. The minimum atomic E-state index is -0.824. The van der Waals surface area contributed by atoms with Crippen LogP contribution in [0.25, 0.3) is 0 Å². The first-order chi connectivity index (χ1) is 12.0. The Morgan fingerprint density at radius 1 is 1.24 bits per heavy atom. The van der Waals surface area contributed by atoms with Gasteiger partial charge in [-0.3, -0.25) is 4.21 Å². The van der Waals surface area contributed by atoms with Gasteiger partial charge in [-0.05, 0) is 31.4 Å². The predicted octanol–water partition coefficient (Wildman–Crippen LogP) is 2.86. The summed E-state index contributed by atoms with van der Waals surface area (Å²) >= 11 is 6.31. The zero-order chi connectivity index (χ0) is 17.8. The normalized spacial score (nSPS) is 27.7. The number of carbonyl (C=O) groups is 1. The van der Waals surface area contributed by atoms with Gasteiger partial charge in [-0.2, -0.15) is 0 Å². The number of carbonyl (C=O) groups excluding carboxylic acids is 1. The number of halogens is 1. The maximum absolute atomic E-state index is 12.6. The Kier molecular flexibility index (Phi) is 6.23. The van der Waals surface area contributed by atoms with E-state index in [1.165, 1.54) is 0 Å². The van der Waals surface area contributed by atoms with E-state index in [0.29, 0.717) is 18.8 Å². The fraction of sp³-hybridized carbons (Fsp3) is 0.611. The molecule has 1 N–H and O–H groups in total. The topological polar surface area (TPSA) is 52.7 Å². The monoisotopic (exact) mass is 383 g/mol. The summed E-state index contributed by atoms with van der Waals surface area (Å²) in [4.78, 5) is 16.7. The van der Waals surface area contributed by atoms with Gasteiger partial charge in [-0.25, -0.2) is 4.79 Å².